The lowest BCUT2D eigenvalue weighted by atomic mass is 10.2. The molecule has 1 aromatic carbocycles. The summed E-state index contributed by atoms with van der Waals surface area (Å²) in [4.78, 5) is 18.1. The molecule has 1 amide bonds. The number of aromatic nitrogens is 1. The zero-order chi connectivity index (χ0) is 16.4. The minimum atomic E-state index is -0.471. The van der Waals surface area contributed by atoms with Gasteiger partial charge in [0, 0.05) is 24.5 Å². The van der Waals surface area contributed by atoms with Crippen molar-refractivity contribution >= 4 is 17.0 Å². The van der Waals surface area contributed by atoms with E-state index in [1.807, 2.05) is 51.1 Å². The number of ether oxygens (including phenoxy) is 2. The van der Waals surface area contributed by atoms with Gasteiger partial charge in [-0.1, -0.05) is 6.07 Å². The predicted octanol–water partition coefficient (Wildman–Crippen LogP) is 3.62. The molecule has 1 aliphatic heterocycles. The number of benzene rings is 1. The standard InChI is InChI=1S/C18H22N2O3/c1-18(2,3)23-17(21)20-10-8-15(12-20)22-14-6-7-16-13(11-14)5-4-9-19-16/h4-7,9,11,15H,8,10,12H2,1-3H3. The molecule has 1 aliphatic rings. The van der Waals surface area contributed by atoms with Gasteiger partial charge in [0.25, 0.3) is 0 Å². The minimum Gasteiger partial charge on any atom is -0.488 e. The van der Waals surface area contributed by atoms with Crippen LogP contribution in [0, 0.1) is 0 Å². The van der Waals surface area contributed by atoms with Gasteiger partial charge < -0.3 is 14.4 Å². The topological polar surface area (TPSA) is 51.7 Å². The molecule has 0 N–H and O–H groups in total. The third kappa shape index (κ3) is 3.92. The van der Waals surface area contributed by atoms with Crippen LogP contribution >= 0.6 is 0 Å². The van der Waals surface area contributed by atoms with Crippen molar-refractivity contribution in [1.29, 1.82) is 0 Å². The summed E-state index contributed by atoms with van der Waals surface area (Å²) in [6.07, 6.45) is 2.31. The average molecular weight is 314 g/mol. The van der Waals surface area contributed by atoms with Crippen LogP contribution in [0.15, 0.2) is 36.5 Å². The van der Waals surface area contributed by atoms with E-state index >= 15 is 0 Å². The van der Waals surface area contributed by atoms with E-state index in [-0.39, 0.29) is 12.2 Å². The van der Waals surface area contributed by atoms with Crippen LogP contribution in [0.1, 0.15) is 27.2 Å². The van der Waals surface area contributed by atoms with Gasteiger partial charge in [0.2, 0.25) is 0 Å². The minimum absolute atomic E-state index is 0.00311. The number of pyridine rings is 1. The number of fused-ring (bicyclic) bond motifs is 1. The highest BCUT2D eigenvalue weighted by Crippen LogP contribution is 2.23. The third-order valence-electron chi connectivity index (χ3n) is 3.67. The number of nitrogens with zero attached hydrogens (tertiary/aromatic N) is 2. The average Bonchev–Trinajstić information content (AvgIpc) is 2.94. The molecule has 2 heterocycles. The van der Waals surface area contributed by atoms with Gasteiger partial charge in [0.15, 0.2) is 0 Å². The summed E-state index contributed by atoms with van der Waals surface area (Å²) >= 11 is 0. The molecule has 1 atom stereocenters. The molecule has 0 radical (unpaired) electrons. The first-order chi connectivity index (χ1) is 10.9. The van der Waals surface area contributed by atoms with Crippen molar-refractivity contribution in [1.82, 2.24) is 9.88 Å². The maximum absolute atomic E-state index is 12.1. The van der Waals surface area contributed by atoms with Crippen molar-refractivity contribution in [3.8, 4) is 5.75 Å². The summed E-state index contributed by atoms with van der Waals surface area (Å²) in [5.41, 5.74) is 0.475. The molecule has 1 fully saturated rings. The van der Waals surface area contributed by atoms with E-state index < -0.39 is 5.60 Å². The number of amides is 1. The molecule has 0 spiro atoms. The van der Waals surface area contributed by atoms with Crippen molar-refractivity contribution in [2.75, 3.05) is 13.1 Å². The van der Waals surface area contributed by atoms with Crippen molar-refractivity contribution in [2.24, 2.45) is 0 Å². The Kier molecular flexibility index (Phi) is 4.11. The Morgan fingerprint density at radius 1 is 1.30 bits per heavy atom. The van der Waals surface area contributed by atoms with Crippen molar-refractivity contribution in [3.63, 3.8) is 0 Å². The molecule has 0 bridgehead atoms. The summed E-state index contributed by atoms with van der Waals surface area (Å²) in [6, 6.07) is 9.78. The molecule has 2 aromatic rings. The first kappa shape index (κ1) is 15.6. The molecule has 1 unspecified atom stereocenters. The number of rotatable bonds is 2. The van der Waals surface area contributed by atoms with Crippen LogP contribution in [0.25, 0.3) is 10.9 Å². The SMILES string of the molecule is CC(C)(C)OC(=O)N1CCC(Oc2ccc3ncccc3c2)C1. The lowest BCUT2D eigenvalue weighted by Crippen LogP contribution is -2.36. The Hall–Kier alpha value is -2.30. The Balaban J connectivity index is 1.61. The smallest absolute Gasteiger partial charge is 0.410 e. The van der Waals surface area contributed by atoms with Crippen LogP contribution < -0.4 is 4.74 Å². The molecule has 0 aliphatic carbocycles. The van der Waals surface area contributed by atoms with E-state index in [1.165, 1.54) is 0 Å². The second kappa shape index (κ2) is 6.07. The Bertz CT molecular complexity index is 709. The molecule has 5 heteroatoms. The van der Waals surface area contributed by atoms with Crippen molar-refractivity contribution in [3.05, 3.63) is 36.5 Å². The fourth-order valence-corrected chi connectivity index (χ4v) is 2.64. The predicted molar refractivity (Wildman–Crippen MR) is 88.6 cm³/mol. The monoisotopic (exact) mass is 314 g/mol. The summed E-state index contributed by atoms with van der Waals surface area (Å²) in [5.74, 6) is 0.807. The van der Waals surface area contributed by atoms with Gasteiger partial charge in [-0.3, -0.25) is 4.98 Å². The van der Waals surface area contributed by atoms with Crippen LogP contribution in [0.2, 0.25) is 0 Å². The Labute approximate surface area is 136 Å². The molecule has 1 aromatic heterocycles. The molecule has 0 saturated carbocycles. The highest BCUT2D eigenvalue weighted by molar-refractivity contribution is 5.79. The highest BCUT2D eigenvalue weighted by Gasteiger charge is 2.30. The fourth-order valence-electron chi connectivity index (χ4n) is 2.64. The second-order valence-corrected chi connectivity index (χ2v) is 6.81. The van der Waals surface area contributed by atoms with Crippen molar-refractivity contribution in [2.45, 2.75) is 38.9 Å². The van der Waals surface area contributed by atoms with Crippen molar-refractivity contribution < 1.29 is 14.3 Å². The van der Waals surface area contributed by atoms with Gasteiger partial charge in [0.05, 0.1) is 12.1 Å². The van der Waals surface area contributed by atoms with Crippen LogP contribution in [-0.4, -0.2) is 40.8 Å². The molecule has 122 valence electrons. The molecule has 23 heavy (non-hydrogen) atoms. The molecular formula is C18H22N2O3. The van der Waals surface area contributed by atoms with Crippen LogP contribution in [0.4, 0.5) is 4.79 Å². The maximum Gasteiger partial charge on any atom is 0.410 e. The molecular weight excluding hydrogens is 292 g/mol. The van der Waals surface area contributed by atoms with E-state index in [2.05, 4.69) is 4.98 Å². The number of carbonyl (C=O) groups excluding carboxylic acids is 1. The Morgan fingerprint density at radius 2 is 2.13 bits per heavy atom. The fraction of sp³-hybridized carbons (Fsp3) is 0.444. The quantitative estimate of drug-likeness (QED) is 0.849. The first-order valence-electron chi connectivity index (χ1n) is 7.90. The van der Waals surface area contributed by atoms with Crippen LogP contribution in [0.5, 0.6) is 5.75 Å². The van der Waals surface area contributed by atoms with Gasteiger partial charge in [-0.05, 0) is 45.0 Å². The summed E-state index contributed by atoms with van der Waals surface area (Å²) in [5, 5.41) is 1.05. The zero-order valence-electron chi connectivity index (χ0n) is 13.8. The van der Waals surface area contributed by atoms with E-state index in [9.17, 15) is 4.79 Å². The molecule has 5 nitrogen and oxygen atoms in total. The maximum atomic E-state index is 12.1. The number of hydrogen-bond acceptors (Lipinski definition) is 4. The summed E-state index contributed by atoms with van der Waals surface area (Å²) in [6.45, 7) is 6.84. The van der Waals surface area contributed by atoms with Gasteiger partial charge >= 0.3 is 6.09 Å². The first-order valence-corrected chi connectivity index (χ1v) is 7.90. The summed E-state index contributed by atoms with van der Waals surface area (Å²) < 4.78 is 11.4. The largest absolute Gasteiger partial charge is 0.488 e. The zero-order valence-corrected chi connectivity index (χ0v) is 13.8. The normalized spacial score (nSPS) is 18.2. The number of hydrogen-bond donors (Lipinski definition) is 0. The van der Waals surface area contributed by atoms with Crippen LogP contribution in [0.3, 0.4) is 0 Å². The van der Waals surface area contributed by atoms with Gasteiger partial charge in [-0.15, -0.1) is 0 Å². The van der Waals surface area contributed by atoms with Gasteiger partial charge in [-0.2, -0.15) is 0 Å². The van der Waals surface area contributed by atoms with Crippen LogP contribution in [-0.2, 0) is 4.74 Å². The number of carbonyl (C=O) groups is 1. The highest BCUT2D eigenvalue weighted by atomic mass is 16.6. The van der Waals surface area contributed by atoms with E-state index in [0.717, 1.165) is 23.1 Å². The van der Waals surface area contributed by atoms with Gasteiger partial charge in [0.1, 0.15) is 17.5 Å². The Morgan fingerprint density at radius 3 is 2.91 bits per heavy atom. The summed E-state index contributed by atoms with van der Waals surface area (Å²) in [7, 11) is 0. The molecule has 1 saturated heterocycles. The van der Waals surface area contributed by atoms with Gasteiger partial charge in [-0.25, -0.2) is 4.79 Å². The van der Waals surface area contributed by atoms with E-state index in [4.69, 9.17) is 9.47 Å². The second-order valence-electron chi connectivity index (χ2n) is 6.81. The lowest BCUT2D eigenvalue weighted by Gasteiger charge is -2.24. The number of likely N-dealkylation sites (tertiary alicyclic amines) is 1. The van der Waals surface area contributed by atoms with E-state index in [0.29, 0.717) is 13.1 Å². The third-order valence-corrected chi connectivity index (χ3v) is 3.67. The lowest BCUT2D eigenvalue weighted by molar-refractivity contribution is 0.0275. The van der Waals surface area contributed by atoms with E-state index in [1.54, 1.807) is 11.1 Å². The molecule has 3 rings (SSSR count).